The number of Topliss-reactive ketones (excluding diaryl/α,β-unsaturated/α-hetero) is 1. The van der Waals surface area contributed by atoms with E-state index < -0.39 is 0 Å². The van der Waals surface area contributed by atoms with Gasteiger partial charge in [0.1, 0.15) is 11.4 Å². The third kappa shape index (κ3) is 2.82. The van der Waals surface area contributed by atoms with Gasteiger partial charge in [-0.3, -0.25) is 9.89 Å². The maximum Gasteiger partial charge on any atom is 0.183 e. The summed E-state index contributed by atoms with van der Waals surface area (Å²) in [6.45, 7) is 2.06. The molecule has 2 aromatic rings. The van der Waals surface area contributed by atoms with Crippen molar-refractivity contribution in [3.05, 3.63) is 30.0 Å². The van der Waals surface area contributed by atoms with Crippen LogP contribution in [0.2, 0.25) is 0 Å². The average molecular weight is 273 g/mol. The zero-order valence-corrected chi connectivity index (χ0v) is 11.8. The van der Waals surface area contributed by atoms with Gasteiger partial charge >= 0.3 is 0 Å². The minimum Gasteiger partial charge on any atom is -0.495 e. The smallest absolute Gasteiger partial charge is 0.183 e. The molecule has 20 heavy (non-hydrogen) atoms. The Balaban J connectivity index is 2.27. The number of benzene rings is 1. The lowest BCUT2D eigenvalue weighted by Crippen LogP contribution is -1.98. The lowest BCUT2D eigenvalue weighted by atomic mass is 10.1. The number of aromatic amines is 1. The second kappa shape index (κ2) is 6.23. The standard InChI is InChI=1S/C15H19N3O2/c1-3-4-7-13(19)12-9-11(17-18-12)10-6-5-8-14(20-2)15(10)16/h5-6,8-9H,3-4,7,16H2,1-2H3,(H,17,18). The molecule has 2 rings (SSSR count). The molecule has 106 valence electrons. The lowest BCUT2D eigenvalue weighted by molar-refractivity contribution is 0.0975. The molecule has 0 saturated carbocycles. The van der Waals surface area contributed by atoms with Crippen molar-refractivity contribution in [2.75, 3.05) is 12.8 Å². The van der Waals surface area contributed by atoms with E-state index in [1.807, 2.05) is 12.1 Å². The predicted octanol–water partition coefficient (Wildman–Crippen LogP) is 3.04. The van der Waals surface area contributed by atoms with E-state index in [0.717, 1.165) is 24.1 Å². The molecule has 0 saturated heterocycles. The average Bonchev–Trinajstić information content (AvgIpc) is 2.94. The van der Waals surface area contributed by atoms with Crippen LogP contribution in [0.15, 0.2) is 24.3 Å². The minimum atomic E-state index is 0.0517. The number of ketones is 1. The maximum absolute atomic E-state index is 11.9. The van der Waals surface area contributed by atoms with E-state index in [2.05, 4.69) is 17.1 Å². The fourth-order valence-corrected chi connectivity index (χ4v) is 2.02. The zero-order valence-electron chi connectivity index (χ0n) is 11.8. The summed E-state index contributed by atoms with van der Waals surface area (Å²) < 4.78 is 5.19. The van der Waals surface area contributed by atoms with E-state index in [9.17, 15) is 4.79 Å². The predicted molar refractivity (Wildman–Crippen MR) is 78.8 cm³/mol. The number of H-pyrrole nitrogens is 1. The van der Waals surface area contributed by atoms with E-state index in [0.29, 0.717) is 23.6 Å². The van der Waals surface area contributed by atoms with Crippen molar-refractivity contribution in [2.45, 2.75) is 26.2 Å². The number of aromatic nitrogens is 2. The van der Waals surface area contributed by atoms with Gasteiger partial charge in [-0.25, -0.2) is 0 Å². The Morgan fingerprint density at radius 3 is 2.95 bits per heavy atom. The van der Waals surface area contributed by atoms with E-state index >= 15 is 0 Å². The Hall–Kier alpha value is -2.30. The first kappa shape index (κ1) is 14.1. The number of anilines is 1. The van der Waals surface area contributed by atoms with Crippen LogP contribution in [0.1, 0.15) is 36.7 Å². The highest BCUT2D eigenvalue weighted by Gasteiger charge is 2.13. The molecule has 0 atom stereocenters. The molecule has 5 nitrogen and oxygen atoms in total. The second-order valence-electron chi connectivity index (χ2n) is 4.62. The van der Waals surface area contributed by atoms with Crippen LogP contribution in [0.5, 0.6) is 5.75 Å². The first-order valence-electron chi connectivity index (χ1n) is 6.68. The summed E-state index contributed by atoms with van der Waals surface area (Å²) in [6, 6.07) is 7.25. The Bertz CT molecular complexity index is 605. The third-order valence-electron chi connectivity index (χ3n) is 3.20. The number of carbonyl (C=O) groups excluding carboxylic acids is 1. The van der Waals surface area contributed by atoms with Crippen LogP contribution in [0, 0.1) is 0 Å². The van der Waals surface area contributed by atoms with Crippen LogP contribution in [-0.4, -0.2) is 23.1 Å². The summed E-state index contributed by atoms with van der Waals surface area (Å²) in [5, 5.41) is 6.94. The Labute approximate surface area is 118 Å². The summed E-state index contributed by atoms with van der Waals surface area (Å²) >= 11 is 0. The number of nitrogen functional groups attached to an aromatic ring is 1. The molecule has 1 aromatic carbocycles. The van der Waals surface area contributed by atoms with Gasteiger partial charge in [-0.2, -0.15) is 5.10 Å². The Morgan fingerprint density at radius 1 is 1.45 bits per heavy atom. The molecule has 0 aliphatic rings. The summed E-state index contributed by atoms with van der Waals surface area (Å²) in [7, 11) is 1.57. The number of hydrogen-bond donors (Lipinski definition) is 2. The number of nitrogens with two attached hydrogens (primary N) is 1. The quantitative estimate of drug-likeness (QED) is 0.626. The highest BCUT2D eigenvalue weighted by atomic mass is 16.5. The topological polar surface area (TPSA) is 81.0 Å². The Kier molecular flexibility index (Phi) is 4.40. The summed E-state index contributed by atoms with van der Waals surface area (Å²) in [5.74, 6) is 0.659. The van der Waals surface area contributed by atoms with E-state index in [-0.39, 0.29) is 5.78 Å². The molecule has 1 heterocycles. The molecular weight excluding hydrogens is 254 g/mol. The minimum absolute atomic E-state index is 0.0517. The molecule has 0 spiro atoms. The number of rotatable bonds is 6. The number of nitrogens with one attached hydrogen (secondary N) is 1. The van der Waals surface area contributed by atoms with Crippen molar-refractivity contribution in [1.82, 2.24) is 10.2 Å². The van der Waals surface area contributed by atoms with Gasteiger partial charge in [-0.1, -0.05) is 25.5 Å². The lowest BCUT2D eigenvalue weighted by Gasteiger charge is -2.07. The van der Waals surface area contributed by atoms with Crippen LogP contribution >= 0.6 is 0 Å². The highest BCUT2D eigenvalue weighted by molar-refractivity contribution is 5.95. The largest absolute Gasteiger partial charge is 0.495 e. The molecule has 0 aliphatic heterocycles. The first-order valence-corrected chi connectivity index (χ1v) is 6.68. The molecule has 0 aliphatic carbocycles. The van der Waals surface area contributed by atoms with Crippen molar-refractivity contribution in [3.63, 3.8) is 0 Å². The van der Waals surface area contributed by atoms with Gasteiger partial charge in [0.25, 0.3) is 0 Å². The van der Waals surface area contributed by atoms with Crippen LogP contribution in [0.4, 0.5) is 5.69 Å². The van der Waals surface area contributed by atoms with E-state index in [1.54, 1.807) is 19.2 Å². The molecule has 0 bridgehead atoms. The van der Waals surface area contributed by atoms with Crippen LogP contribution < -0.4 is 10.5 Å². The number of carbonyl (C=O) groups is 1. The maximum atomic E-state index is 11.9. The number of hydrogen-bond acceptors (Lipinski definition) is 4. The van der Waals surface area contributed by atoms with Crippen molar-refractivity contribution < 1.29 is 9.53 Å². The second-order valence-corrected chi connectivity index (χ2v) is 4.62. The number of ether oxygens (including phenoxy) is 1. The molecule has 3 N–H and O–H groups in total. The molecule has 0 unspecified atom stereocenters. The SMILES string of the molecule is CCCCC(=O)c1cc(-c2cccc(OC)c2N)[nH]n1. The first-order chi connectivity index (χ1) is 9.67. The fraction of sp³-hybridized carbons (Fsp3) is 0.333. The van der Waals surface area contributed by atoms with Gasteiger partial charge < -0.3 is 10.5 Å². The molecule has 0 radical (unpaired) electrons. The van der Waals surface area contributed by atoms with Crippen molar-refractivity contribution >= 4 is 11.5 Å². The zero-order chi connectivity index (χ0) is 14.5. The highest BCUT2D eigenvalue weighted by Crippen LogP contribution is 2.32. The van der Waals surface area contributed by atoms with E-state index in [4.69, 9.17) is 10.5 Å². The van der Waals surface area contributed by atoms with Crippen molar-refractivity contribution in [1.29, 1.82) is 0 Å². The van der Waals surface area contributed by atoms with Gasteiger partial charge in [0.2, 0.25) is 0 Å². The number of methoxy groups -OCH3 is 1. The number of para-hydroxylation sites is 1. The summed E-state index contributed by atoms with van der Waals surface area (Å²) in [5.41, 5.74) is 8.53. The molecule has 5 heteroatoms. The monoisotopic (exact) mass is 273 g/mol. The summed E-state index contributed by atoms with van der Waals surface area (Å²) in [4.78, 5) is 11.9. The third-order valence-corrected chi connectivity index (χ3v) is 3.20. The summed E-state index contributed by atoms with van der Waals surface area (Å²) in [6.07, 6.45) is 2.39. The molecule has 0 fully saturated rings. The number of unbranched alkanes of at least 4 members (excludes halogenated alkanes) is 1. The van der Waals surface area contributed by atoms with Crippen LogP contribution in [0.3, 0.4) is 0 Å². The normalized spacial score (nSPS) is 10.5. The van der Waals surface area contributed by atoms with Crippen LogP contribution in [0.25, 0.3) is 11.3 Å². The van der Waals surface area contributed by atoms with Gasteiger partial charge in [-0.05, 0) is 18.6 Å². The number of nitrogens with zero attached hydrogens (tertiary/aromatic N) is 1. The van der Waals surface area contributed by atoms with Gasteiger partial charge in [0, 0.05) is 12.0 Å². The van der Waals surface area contributed by atoms with Gasteiger partial charge in [-0.15, -0.1) is 0 Å². The van der Waals surface area contributed by atoms with Crippen molar-refractivity contribution in [3.8, 4) is 17.0 Å². The molecular formula is C15H19N3O2. The fourth-order valence-electron chi connectivity index (χ4n) is 2.02. The van der Waals surface area contributed by atoms with Gasteiger partial charge in [0.15, 0.2) is 5.78 Å². The molecule has 0 amide bonds. The van der Waals surface area contributed by atoms with Gasteiger partial charge in [0.05, 0.1) is 18.5 Å². The van der Waals surface area contributed by atoms with Crippen LogP contribution in [-0.2, 0) is 0 Å². The van der Waals surface area contributed by atoms with E-state index in [1.165, 1.54) is 0 Å². The Morgan fingerprint density at radius 2 is 2.25 bits per heavy atom. The van der Waals surface area contributed by atoms with Crippen molar-refractivity contribution in [2.24, 2.45) is 0 Å². The molecule has 1 aromatic heterocycles.